The molecular formula is C23H25N5O2S. The zero-order valence-electron chi connectivity index (χ0n) is 17.5. The molecule has 2 aromatic carbocycles. The Kier molecular flexibility index (Phi) is 7.61. The summed E-state index contributed by atoms with van der Waals surface area (Å²) in [4.78, 5) is 24.8. The van der Waals surface area contributed by atoms with Crippen molar-refractivity contribution in [2.45, 2.75) is 31.6 Å². The van der Waals surface area contributed by atoms with E-state index in [0.717, 1.165) is 11.3 Å². The lowest BCUT2D eigenvalue weighted by atomic mass is 10.1. The summed E-state index contributed by atoms with van der Waals surface area (Å²) in [5, 5.41) is 14.9. The van der Waals surface area contributed by atoms with Crippen LogP contribution in [0.4, 0.5) is 5.69 Å². The minimum absolute atomic E-state index is 0.133. The average Bonchev–Trinajstić information content (AvgIpc) is 3.16. The Morgan fingerprint density at radius 2 is 1.84 bits per heavy atom. The molecule has 0 aliphatic heterocycles. The van der Waals surface area contributed by atoms with E-state index in [1.54, 1.807) is 18.2 Å². The highest BCUT2D eigenvalue weighted by Gasteiger charge is 2.20. The summed E-state index contributed by atoms with van der Waals surface area (Å²) in [6, 6.07) is 16.3. The lowest BCUT2D eigenvalue weighted by molar-refractivity contribution is -0.113. The van der Waals surface area contributed by atoms with Crippen molar-refractivity contribution >= 4 is 29.3 Å². The molecule has 3 rings (SSSR count). The number of thioether (sulfide) groups is 1. The molecule has 3 aromatic rings. The summed E-state index contributed by atoms with van der Waals surface area (Å²) in [7, 11) is 0. The molecular weight excluding hydrogens is 410 g/mol. The van der Waals surface area contributed by atoms with Crippen LogP contribution in [0.1, 0.15) is 34.7 Å². The minimum atomic E-state index is -0.367. The van der Waals surface area contributed by atoms with Crippen LogP contribution >= 0.6 is 11.8 Å². The number of para-hydroxylation sites is 1. The second-order valence-corrected chi connectivity index (χ2v) is 7.95. The van der Waals surface area contributed by atoms with Crippen LogP contribution in [0.15, 0.2) is 72.4 Å². The first kappa shape index (κ1) is 22.3. The third kappa shape index (κ3) is 6.05. The maximum atomic E-state index is 12.6. The van der Waals surface area contributed by atoms with E-state index >= 15 is 0 Å². The number of benzene rings is 2. The van der Waals surface area contributed by atoms with Gasteiger partial charge in [-0.05, 0) is 38.1 Å². The van der Waals surface area contributed by atoms with E-state index in [2.05, 4.69) is 27.4 Å². The number of hydrogen-bond donors (Lipinski definition) is 2. The number of carbonyl (C=O) groups is 2. The van der Waals surface area contributed by atoms with Crippen molar-refractivity contribution in [1.82, 2.24) is 20.1 Å². The number of nitrogens with zero attached hydrogens (tertiary/aromatic N) is 3. The summed E-state index contributed by atoms with van der Waals surface area (Å²) >= 11 is 1.29. The smallest absolute Gasteiger partial charge is 0.251 e. The van der Waals surface area contributed by atoms with Gasteiger partial charge in [0.25, 0.3) is 5.91 Å². The molecule has 8 heteroatoms. The molecule has 0 unspecified atom stereocenters. The van der Waals surface area contributed by atoms with Gasteiger partial charge in [0.15, 0.2) is 11.0 Å². The van der Waals surface area contributed by atoms with Crippen LogP contribution in [0.3, 0.4) is 0 Å². The molecule has 2 amide bonds. The van der Waals surface area contributed by atoms with Gasteiger partial charge in [-0.2, -0.15) is 0 Å². The van der Waals surface area contributed by atoms with E-state index in [-0.39, 0.29) is 23.6 Å². The molecule has 0 radical (unpaired) electrons. The van der Waals surface area contributed by atoms with Crippen LogP contribution in [-0.2, 0) is 11.3 Å². The SMILES string of the molecule is C=CCn1c(SCC(=O)Nc2ccccc2)nnc1[C@@H](C)NC(=O)c1ccc(C)cc1. The van der Waals surface area contributed by atoms with E-state index in [4.69, 9.17) is 0 Å². The van der Waals surface area contributed by atoms with Crippen molar-refractivity contribution in [1.29, 1.82) is 0 Å². The molecule has 0 saturated heterocycles. The number of allylic oxidation sites excluding steroid dienone is 1. The maximum absolute atomic E-state index is 12.6. The second-order valence-electron chi connectivity index (χ2n) is 7.00. The average molecular weight is 436 g/mol. The quantitative estimate of drug-likeness (QED) is 0.392. The van der Waals surface area contributed by atoms with Crippen LogP contribution in [0.2, 0.25) is 0 Å². The van der Waals surface area contributed by atoms with Crippen molar-refractivity contribution in [2.75, 3.05) is 11.1 Å². The largest absolute Gasteiger partial charge is 0.342 e. The van der Waals surface area contributed by atoms with E-state index < -0.39 is 0 Å². The van der Waals surface area contributed by atoms with Gasteiger partial charge in [-0.1, -0.05) is 53.7 Å². The van der Waals surface area contributed by atoms with E-state index in [1.807, 2.05) is 60.9 Å². The molecule has 7 nitrogen and oxygen atoms in total. The number of aromatic nitrogens is 3. The van der Waals surface area contributed by atoms with Gasteiger partial charge >= 0.3 is 0 Å². The minimum Gasteiger partial charge on any atom is -0.342 e. The monoisotopic (exact) mass is 435 g/mol. The maximum Gasteiger partial charge on any atom is 0.251 e. The lowest BCUT2D eigenvalue weighted by Gasteiger charge is -2.15. The molecule has 0 spiro atoms. The molecule has 0 aliphatic rings. The van der Waals surface area contributed by atoms with Crippen LogP contribution in [0.5, 0.6) is 0 Å². The van der Waals surface area contributed by atoms with E-state index in [1.165, 1.54) is 11.8 Å². The Labute approximate surface area is 186 Å². The van der Waals surface area contributed by atoms with Crippen LogP contribution in [0.25, 0.3) is 0 Å². The highest BCUT2D eigenvalue weighted by molar-refractivity contribution is 7.99. The highest BCUT2D eigenvalue weighted by Crippen LogP contribution is 2.21. The highest BCUT2D eigenvalue weighted by atomic mass is 32.2. The number of aryl methyl sites for hydroxylation is 1. The number of nitrogens with one attached hydrogen (secondary N) is 2. The van der Waals surface area contributed by atoms with Gasteiger partial charge in [0.1, 0.15) is 0 Å². The Hall–Kier alpha value is -3.39. The molecule has 31 heavy (non-hydrogen) atoms. The van der Waals surface area contributed by atoms with Crippen molar-refractivity contribution in [2.24, 2.45) is 0 Å². The summed E-state index contributed by atoms with van der Waals surface area (Å²) in [6.45, 7) is 8.09. The van der Waals surface area contributed by atoms with Crippen LogP contribution in [-0.4, -0.2) is 32.3 Å². The normalized spacial score (nSPS) is 11.5. The van der Waals surface area contributed by atoms with Crippen LogP contribution < -0.4 is 10.6 Å². The third-order valence-corrected chi connectivity index (χ3v) is 5.46. The number of carbonyl (C=O) groups excluding carboxylic acids is 2. The van der Waals surface area contributed by atoms with E-state index in [9.17, 15) is 9.59 Å². The fraction of sp³-hybridized carbons (Fsp3) is 0.217. The lowest BCUT2D eigenvalue weighted by Crippen LogP contribution is -2.28. The topological polar surface area (TPSA) is 88.9 Å². The first-order valence-corrected chi connectivity index (χ1v) is 10.9. The fourth-order valence-corrected chi connectivity index (χ4v) is 3.68. The molecule has 0 fully saturated rings. The van der Waals surface area contributed by atoms with Crippen molar-refractivity contribution < 1.29 is 9.59 Å². The zero-order chi connectivity index (χ0) is 22.2. The molecule has 1 heterocycles. The van der Waals surface area contributed by atoms with Gasteiger partial charge in [0.05, 0.1) is 11.8 Å². The number of amides is 2. The van der Waals surface area contributed by atoms with Gasteiger partial charge in [-0.3, -0.25) is 9.59 Å². The third-order valence-electron chi connectivity index (χ3n) is 4.50. The summed E-state index contributed by atoms with van der Waals surface area (Å²) < 4.78 is 1.85. The summed E-state index contributed by atoms with van der Waals surface area (Å²) in [5.74, 6) is 0.476. The summed E-state index contributed by atoms with van der Waals surface area (Å²) in [6.07, 6.45) is 1.73. The standard InChI is InChI=1S/C23H25N5O2S/c1-4-14-28-21(17(3)24-22(30)18-12-10-16(2)11-13-18)26-27-23(28)31-15-20(29)25-19-8-6-5-7-9-19/h4-13,17H,1,14-15H2,2-3H3,(H,24,30)(H,25,29)/t17-/m1/s1. The molecule has 160 valence electrons. The van der Waals surface area contributed by atoms with Gasteiger partial charge in [-0.25, -0.2) is 0 Å². The second kappa shape index (κ2) is 10.6. The number of anilines is 1. The first-order chi connectivity index (χ1) is 15.0. The molecule has 2 N–H and O–H groups in total. The number of rotatable bonds is 9. The van der Waals surface area contributed by atoms with Gasteiger partial charge < -0.3 is 15.2 Å². The van der Waals surface area contributed by atoms with Gasteiger partial charge in [0.2, 0.25) is 5.91 Å². The Bertz CT molecular complexity index is 1050. The van der Waals surface area contributed by atoms with Gasteiger partial charge in [0, 0.05) is 17.8 Å². The molecule has 0 bridgehead atoms. The Morgan fingerprint density at radius 3 is 2.52 bits per heavy atom. The predicted octanol–water partition coefficient (Wildman–Crippen LogP) is 3.99. The number of hydrogen-bond acceptors (Lipinski definition) is 5. The fourth-order valence-electron chi connectivity index (χ4n) is 2.93. The molecule has 0 saturated carbocycles. The van der Waals surface area contributed by atoms with Crippen LogP contribution in [0, 0.1) is 6.92 Å². The van der Waals surface area contributed by atoms with Crippen molar-refractivity contribution in [3.05, 3.63) is 84.2 Å². The van der Waals surface area contributed by atoms with Crippen molar-refractivity contribution in [3.63, 3.8) is 0 Å². The van der Waals surface area contributed by atoms with Crippen molar-refractivity contribution in [3.8, 4) is 0 Å². The molecule has 1 aromatic heterocycles. The van der Waals surface area contributed by atoms with E-state index in [0.29, 0.717) is 23.1 Å². The van der Waals surface area contributed by atoms with Gasteiger partial charge in [-0.15, -0.1) is 16.8 Å². The Balaban J connectivity index is 1.66. The molecule has 0 aliphatic carbocycles. The summed E-state index contributed by atoms with van der Waals surface area (Å²) in [5.41, 5.74) is 2.42. The zero-order valence-corrected chi connectivity index (χ0v) is 18.4. The molecule has 1 atom stereocenters. The predicted molar refractivity (Wildman–Crippen MR) is 123 cm³/mol. The first-order valence-electron chi connectivity index (χ1n) is 9.87. The Morgan fingerprint density at radius 1 is 1.13 bits per heavy atom.